The van der Waals surface area contributed by atoms with Crippen LogP contribution in [-0.2, 0) is 6.54 Å². The third-order valence-corrected chi connectivity index (χ3v) is 4.32. The third-order valence-electron chi connectivity index (χ3n) is 4.32. The summed E-state index contributed by atoms with van der Waals surface area (Å²) in [5.41, 5.74) is 2.69. The fourth-order valence-corrected chi connectivity index (χ4v) is 3.17. The molecule has 1 aliphatic rings. The maximum Gasteiger partial charge on any atom is 0.0457 e. The Labute approximate surface area is 109 Å². The highest BCUT2D eigenvalue weighted by Crippen LogP contribution is 2.26. The van der Waals surface area contributed by atoms with Crippen LogP contribution in [0.15, 0.2) is 30.5 Å². The Morgan fingerprint density at radius 2 is 2.11 bits per heavy atom. The molecule has 1 aliphatic heterocycles. The highest BCUT2D eigenvalue weighted by atomic mass is 15.2. The number of piperidine rings is 1. The second-order valence-corrected chi connectivity index (χ2v) is 5.81. The molecule has 18 heavy (non-hydrogen) atoms. The van der Waals surface area contributed by atoms with Gasteiger partial charge in [-0.15, -0.1) is 0 Å². The van der Waals surface area contributed by atoms with Crippen molar-refractivity contribution in [2.24, 2.45) is 5.92 Å². The topological polar surface area (TPSA) is 19.0 Å². The number of para-hydroxylation sites is 1. The van der Waals surface area contributed by atoms with Gasteiger partial charge in [0.05, 0.1) is 0 Å². The second kappa shape index (κ2) is 4.77. The van der Waals surface area contributed by atoms with Crippen molar-refractivity contribution in [1.82, 2.24) is 9.88 Å². The molecule has 2 nitrogen and oxygen atoms in total. The van der Waals surface area contributed by atoms with Gasteiger partial charge in [0.15, 0.2) is 0 Å². The zero-order valence-electron chi connectivity index (χ0n) is 11.3. The van der Waals surface area contributed by atoms with Crippen LogP contribution in [0.25, 0.3) is 10.9 Å². The first-order chi connectivity index (χ1) is 8.74. The average Bonchev–Trinajstić information content (AvgIpc) is 2.76. The lowest BCUT2D eigenvalue weighted by Gasteiger charge is -2.36. The monoisotopic (exact) mass is 242 g/mol. The molecule has 0 saturated carbocycles. The SMILES string of the molecule is CC1CCN(Cc2c[nH]c3ccccc23)C(C)C1. The molecule has 3 rings (SSSR count). The summed E-state index contributed by atoms with van der Waals surface area (Å²) in [7, 11) is 0. The Balaban J connectivity index is 1.80. The van der Waals surface area contributed by atoms with E-state index >= 15 is 0 Å². The summed E-state index contributed by atoms with van der Waals surface area (Å²) in [4.78, 5) is 6.00. The van der Waals surface area contributed by atoms with Crippen LogP contribution in [-0.4, -0.2) is 22.5 Å². The van der Waals surface area contributed by atoms with Crippen LogP contribution in [0.5, 0.6) is 0 Å². The third kappa shape index (κ3) is 2.17. The summed E-state index contributed by atoms with van der Waals surface area (Å²) in [5, 5.41) is 1.38. The highest BCUT2D eigenvalue weighted by Gasteiger charge is 2.23. The number of hydrogen-bond acceptors (Lipinski definition) is 1. The summed E-state index contributed by atoms with van der Waals surface area (Å²) in [6.45, 7) is 7.06. The van der Waals surface area contributed by atoms with Crippen LogP contribution in [0.2, 0.25) is 0 Å². The van der Waals surface area contributed by atoms with E-state index in [4.69, 9.17) is 0 Å². The zero-order chi connectivity index (χ0) is 12.5. The number of hydrogen-bond donors (Lipinski definition) is 1. The van der Waals surface area contributed by atoms with Crippen molar-refractivity contribution in [3.8, 4) is 0 Å². The number of benzene rings is 1. The molecule has 2 atom stereocenters. The van der Waals surface area contributed by atoms with E-state index in [1.54, 1.807) is 0 Å². The van der Waals surface area contributed by atoms with E-state index in [1.807, 2.05) is 0 Å². The Kier molecular flexibility index (Phi) is 3.13. The van der Waals surface area contributed by atoms with Crippen LogP contribution in [0, 0.1) is 5.92 Å². The van der Waals surface area contributed by atoms with Gasteiger partial charge >= 0.3 is 0 Å². The number of nitrogens with one attached hydrogen (secondary N) is 1. The normalized spacial score (nSPS) is 25.7. The average molecular weight is 242 g/mol. The molecule has 1 saturated heterocycles. The molecular formula is C16H22N2. The largest absolute Gasteiger partial charge is 0.361 e. The van der Waals surface area contributed by atoms with Gasteiger partial charge in [-0.05, 0) is 43.9 Å². The summed E-state index contributed by atoms with van der Waals surface area (Å²) in [6, 6.07) is 9.30. The van der Waals surface area contributed by atoms with Gasteiger partial charge in [-0.3, -0.25) is 4.90 Å². The maximum absolute atomic E-state index is 3.37. The number of likely N-dealkylation sites (tertiary alicyclic amines) is 1. The highest BCUT2D eigenvalue weighted by molar-refractivity contribution is 5.82. The van der Waals surface area contributed by atoms with E-state index in [1.165, 1.54) is 35.9 Å². The molecule has 2 heteroatoms. The van der Waals surface area contributed by atoms with Crippen molar-refractivity contribution in [3.63, 3.8) is 0 Å². The van der Waals surface area contributed by atoms with Crippen molar-refractivity contribution in [1.29, 1.82) is 0 Å². The summed E-state index contributed by atoms with van der Waals surface area (Å²) in [5.74, 6) is 0.888. The molecule has 2 aromatic rings. The van der Waals surface area contributed by atoms with E-state index in [9.17, 15) is 0 Å². The molecule has 1 aromatic heterocycles. The predicted octanol–water partition coefficient (Wildman–Crippen LogP) is 3.79. The first kappa shape index (κ1) is 11.8. The van der Waals surface area contributed by atoms with Crippen LogP contribution >= 0.6 is 0 Å². The number of nitrogens with zero attached hydrogens (tertiary/aromatic N) is 1. The minimum atomic E-state index is 0.711. The summed E-state index contributed by atoms with van der Waals surface area (Å²) >= 11 is 0. The minimum Gasteiger partial charge on any atom is -0.361 e. The molecule has 0 aliphatic carbocycles. The molecule has 1 aromatic carbocycles. The fourth-order valence-electron chi connectivity index (χ4n) is 3.17. The van der Waals surface area contributed by atoms with Gasteiger partial charge < -0.3 is 4.98 Å². The second-order valence-electron chi connectivity index (χ2n) is 5.81. The Morgan fingerprint density at radius 3 is 2.94 bits per heavy atom. The van der Waals surface area contributed by atoms with E-state index in [0.717, 1.165) is 12.5 Å². The van der Waals surface area contributed by atoms with Crippen molar-refractivity contribution in [3.05, 3.63) is 36.0 Å². The van der Waals surface area contributed by atoms with Crippen molar-refractivity contribution in [2.45, 2.75) is 39.3 Å². The summed E-state index contributed by atoms with van der Waals surface area (Å²) < 4.78 is 0. The lowest BCUT2D eigenvalue weighted by Crippen LogP contribution is -2.39. The summed E-state index contributed by atoms with van der Waals surface area (Å²) in [6.07, 6.45) is 4.85. The molecule has 2 unspecified atom stereocenters. The molecular weight excluding hydrogens is 220 g/mol. The Hall–Kier alpha value is -1.28. The smallest absolute Gasteiger partial charge is 0.0457 e. The molecule has 0 radical (unpaired) electrons. The molecule has 1 N–H and O–H groups in total. The van der Waals surface area contributed by atoms with E-state index in [-0.39, 0.29) is 0 Å². The Bertz CT molecular complexity index is 529. The first-order valence-corrected chi connectivity index (χ1v) is 7.03. The molecule has 0 bridgehead atoms. The van der Waals surface area contributed by atoms with Gasteiger partial charge in [0.2, 0.25) is 0 Å². The van der Waals surface area contributed by atoms with Gasteiger partial charge in [0, 0.05) is 29.7 Å². The van der Waals surface area contributed by atoms with Crippen LogP contribution in [0.1, 0.15) is 32.3 Å². The predicted molar refractivity (Wildman–Crippen MR) is 76.6 cm³/mol. The lowest BCUT2D eigenvalue weighted by atomic mass is 9.93. The fraction of sp³-hybridized carbons (Fsp3) is 0.500. The van der Waals surface area contributed by atoms with E-state index < -0.39 is 0 Å². The maximum atomic E-state index is 3.37. The number of rotatable bonds is 2. The van der Waals surface area contributed by atoms with E-state index in [2.05, 4.69) is 54.2 Å². The number of aromatic amines is 1. The van der Waals surface area contributed by atoms with E-state index in [0.29, 0.717) is 6.04 Å². The number of fused-ring (bicyclic) bond motifs is 1. The van der Waals surface area contributed by atoms with Gasteiger partial charge in [-0.25, -0.2) is 0 Å². The number of aromatic nitrogens is 1. The van der Waals surface area contributed by atoms with Crippen molar-refractivity contribution < 1.29 is 0 Å². The van der Waals surface area contributed by atoms with Gasteiger partial charge in [0.25, 0.3) is 0 Å². The molecule has 2 heterocycles. The Morgan fingerprint density at radius 1 is 1.28 bits per heavy atom. The lowest BCUT2D eigenvalue weighted by molar-refractivity contribution is 0.122. The zero-order valence-corrected chi connectivity index (χ0v) is 11.3. The van der Waals surface area contributed by atoms with Gasteiger partial charge in [-0.1, -0.05) is 25.1 Å². The van der Waals surface area contributed by atoms with Crippen LogP contribution in [0.3, 0.4) is 0 Å². The molecule has 1 fully saturated rings. The standard InChI is InChI=1S/C16H22N2/c1-12-7-8-18(13(2)9-12)11-14-10-17-16-6-4-3-5-15(14)16/h3-6,10,12-13,17H,7-9,11H2,1-2H3. The molecule has 96 valence electrons. The first-order valence-electron chi connectivity index (χ1n) is 7.03. The molecule has 0 spiro atoms. The van der Waals surface area contributed by atoms with Crippen LogP contribution in [0.4, 0.5) is 0 Å². The number of H-pyrrole nitrogens is 1. The minimum absolute atomic E-state index is 0.711. The van der Waals surface area contributed by atoms with Gasteiger partial charge in [0.1, 0.15) is 0 Å². The van der Waals surface area contributed by atoms with Crippen molar-refractivity contribution >= 4 is 10.9 Å². The van der Waals surface area contributed by atoms with Gasteiger partial charge in [-0.2, -0.15) is 0 Å². The van der Waals surface area contributed by atoms with Crippen LogP contribution < -0.4 is 0 Å². The van der Waals surface area contributed by atoms with Crippen molar-refractivity contribution in [2.75, 3.05) is 6.54 Å². The quantitative estimate of drug-likeness (QED) is 0.849. The molecule has 0 amide bonds.